The lowest BCUT2D eigenvalue weighted by Gasteiger charge is -2.15. The SMILES string of the molecule is COc1cc2c(c(OC)c1OC)C/C(=C\c1cccc3[nH]ccc13)C2=O. The van der Waals surface area contributed by atoms with E-state index in [1.807, 2.05) is 36.5 Å². The Labute approximate surface area is 151 Å². The van der Waals surface area contributed by atoms with Crippen LogP contribution in [0, 0.1) is 0 Å². The Hall–Kier alpha value is -3.21. The summed E-state index contributed by atoms with van der Waals surface area (Å²) in [6, 6.07) is 9.75. The summed E-state index contributed by atoms with van der Waals surface area (Å²) in [5, 5.41) is 1.09. The first-order chi connectivity index (χ1) is 12.7. The van der Waals surface area contributed by atoms with Gasteiger partial charge in [0.15, 0.2) is 17.3 Å². The lowest BCUT2D eigenvalue weighted by molar-refractivity contribution is 0.104. The van der Waals surface area contributed by atoms with Gasteiger partial charge in [-0.2, -0.15) is 0 Å². The third kappa shape index (κ3) is 2.36. The van der Waals surface area contributed by atoms with Gasteiger partial charge in [-0.3, -0.25) is 4.79 Å². The minimum absolute atomic E-state index is 0.00760. The molecule has 0 amide bonds. The molecule has 3 aromatic rings. The van der Waals surface area contributed by atoms with E-state index in [0.29, 0.717) is 29.2 Å². The summed E-state index contributed by atoms with van der Waals surface area (Å²) in [4.78, 5) is 16.2. The summed E-state index contributed by atoms with van der Waals surface area (Å²) in [6.45, 7) is 0. The topological polar surface area (TPSA) is 60.6 Å². The average molecular weight is 349 g/mol. The van der Waals surface area contributed by atoms with Gasteiger partial charge in [0.2, 0.25) is 5.75 Å². The normalized spacial score (nSPS) is 14.7. The van der Waals surface area contributed by atoms with Crippen molar-refractivity contribution in [1.82, 2.24) is 4.98 Å². The molecule has 0 aliphatic heterocycles. The Bertz CT molecular complexity index is 1050. The maximum atomic E-state index is 13.0. The van der Waals surface area contributed by atoms with Gasteiger partial charge in [-0.1, -0.05) is 12.1 Å². The van der Waals surface area contributed by atoms with Gasteiger partial charge >= 0.3 is 0 Å². The molecule has 5 heteroatoms. The van der Waals surface area contributed by atoms with E-state index in [2.05, 4.69) is 4.98 Å². The first-order valence-corrected chi connectivity index (χ1v) is 8.31. The Balaban J connectivity index is 1.85. The van der Waals surface area contributed by atoms with E-state index in [-0.39, 0.29) is 5.78 Å². The number of aromatic amines is 1. The van der Waals surface area contributed by atoms with Crippen LogP contribution < -0.4 is 14.2 Å². The number of hydrogen-bond acceptors (Lipinski definition) is 4. The number of aromatic nitrogens is 1. The molecule has 2 aromatic carbocycles. The quantitative estimate of drug-likeness (QED) is 0.723. The number of carbonyl (C=O) groups excluding carboxylic acids is 1. The highest BCUT2D eigenvalue weighted by molar-refractivity contribution is 6.17. The number of H-pyrrole nitrogens is 1. The van der Waals surface area contributed by atoms with E-state index in [0.717, 1.165) is 27.6 Å². The van der Waals surface area contributed by atoms with Gasteiger partial charge in [0.1, 0.15) is 0 Å². The number of ether oxygens (including phenoxy) is 3. The third-order valence-corrected chi connectivity index (χ3v) is 4.79. The van der Waals surface area contributed by atoms with Crippen LogP contribution in [-0.2, 0) is 6.42 Å². The molecule has 4 rings (SSSR count). The van der Waals surface area contributed by atoms with E-state index in [4.69, 9.17) is 14.2 Å². The average Bonchev–Trinajstić information content (AvgIpc) is 3.26. The van der Waals surface area contributed by atoms with Crippen molar-refractivity contribution in [1.29, 1.82) is 0 Å². The smallest absolute Gasteiger partial charge is 0.203 e. The summed E-state index contributed by atoms with van der Waals surface area (Å²) >= 11 is 0. The molecular weight excluding hydrogens is 330 g/mol. The lowest BCUT2D eigenvalue weighted by Crippen LogP contribution is -2.00. The second-order valence-corrected chi connectivity index (χ2v) is 6.13. The zero-order chi connectivity index (χ0) is 18.3. The Kier molecular flexibility index (Phi) is 3.92. The van der Waals surface area contributed by atoms with Gasteiger partial charge in [-0.15, -0.1) is 0 Å². The molecule has 0 fully saturated rings. The third-order valence-electron chi connectivity index (χ3n) is 4.79. The van der Waals surface area contributed by atoms with Crippen LogP contribution in [0.25, 0.3) is 17.0 Å². The number of ketones is 1. The second kappa shape index (κ2) is 6.26. The van der Waals surface area contributed by atoms with Crippen LogP contribution in [0.2, 0.25) is 0 Å². The number of rotatable bonds is 4. The molecule has 1 aliphatic rings. The van der Waals surface area contributed by atoms with Crippen LogP contribution in [0.15, 0.2) is 42.1 Å². The minimum Gasteiger partial charge on any atom is -0.493 e. The van der Waals surface area contributed by atoms with Crippen LogP contribution >= 0.6 is 0 Å². The molecule has 0 saturated heterocycles. The van der Waals surface area contributed by atoms with Gasteiger partial charge in [0.05, 0.1) is 21.3 Å². The molecule has 0 radical (unpaired) electrons. The molecule has 0 bridgehead atoms. The Morgan fingerprint density at radius 3 is 2.58 bits per heavy atom. The van der Waals surface area contributed by atoms with Crippen molar-refractivity contribution < 1.29 is 19.0 Å². The molecule has 132 valence electrons. The zero-order valence-electron chi connectivity index (χ0n) is 14.9. The van der Waals surface area contributed by atoms with Crippen LogP contribution in [0.4, 0.5) is 0 Å². The van der Waals surface area contributed by atoms with E-state index < -0.39 is 0 Å². The second-order valence-electron chi connectivity index (χ2n) is 6.13. The van der Waals surface area contributed by atoms with Gasteiger partial charge < -0.3 is 19.2 Å². The van der Waals surface area contributed by atoms with Gasteiger partial charge in [-0.05, 0) is 29.8 Å². The van der Waals surface area contributed by atoms with Crippen LogP contribution in [0.3, 0.4) is 0 Å². The number of allylic oxidation sites excluding steroid dienone is 1. The van der Waals surface area contributed by atoms with Crippen molar-refractivity contribution in [2.75, 3.05) is 21.3 Å². The van der Waals surface area contributed by atoms with Crippen molar-refractivity contribution in [3.63, 3.8) is 0 Å². The number of methoxy groups -OCH3 is 3. The monoisotopic (exact) mass is 349 g/mol. The van der Waals surface area contributed by atoms with Crippen LogP contribution in [0.5, 0.6) is 17.2 Å². The first kappa shape index (κ1) is 16.3. The molecule has 0 unspecified atom stereocenters. The number of benzene rings is 2. The van der Waals surface area contributed by atoms with Crippen molar-refractivity contribution in [3.8, 4) is 17.2 Å². The molecule has 0 spiro atoms. The maximum absolute atomic E-state index is 13.0. The molecule has 1 aliphatic carbocycles. The highest BCUT2D eigenvalue weighted by Crippen LogP contribution is 2.46. The van der Waals surface area contributed by atoms with Gasteiger partial charge in [-0.25, -0.2) is 0 Å². The van der Waals surface area contributed by atoms with E-state index in [9.17, 15) is 4.79 Å². The van der Waals surface area contributed by atoms with Crippen molar-refractivity contribution in [2.24, 2.45) is 0 Å². The molecule has 1 aromatic heterocycles. The van der Waals surface area contributed by atoms with E-state index in [1.54, 1.807) is 27.4 Å². The number of Topliss-reactive ketones (excluding diaryl/α,β-unsaturated/α-hetero) is 1. The fraction of sp³-hybridized carbons (Fsp3) is 0.190. The van der Waals surface area contributed by atoms with Crippen molar-refractivity contribution in [2.45, 2.75) is 6.42 Å². The summed E-state index contributed by atoms with van der Waals surface area (Å²) in [5.41, 5.74) is 4.22. The van der Waals surface area contributed by atoms with Crippen LogP contribution in [0.1, 0.15) is 21.5 Å². The van der Waals surface area contributed by atoms with Gasteiger partial charge in [0.25, 0.3) is 0 Å². The molecule has 1 heterocycles. The fourth-order valence-electron chi connectivity index (χ4n) is 3.58. The molecule has 0 saturated carbocycles. The zero-order valence-corrected chi connectivity index (χ0v) is 14.9. The summed E-state index contributed by atoms with van der Waals surface area (Å²) in [6.07, 6.45) is 4.35. The minimum atomic E-state index is -0.00760. The van der Waals surface area contributed by atoms with Crippen LogP contribution in [-0.4, -0.2) is 32.1 Å². The number of carbonyl (C=O) groups is 1. The lowest BCUT2D eigenvalue weighted by atomic mass is 10.0. The van der Waals surface area contributed by atoms with E-state index in [1.165, 1.54) is 0 Å². The predicted octanol–water partition coefficient (Wildman–Crippen LogP) is 4.02. The highest BCUT2D eigenvalue weighted by atomic mass is 16.5. The highest BCUT2D eigenvalue weighted by Gasteiger charge is 2.32. The molecular formula is C21H19NO4. The van der Waals surface area contributed by atoms with Crippen molar-refractivity contribution in [3.05, 3.63) is 58.8 Å². The first-order valence-electron chi connectivity index (χ1n) is 8.31. The predicted molar refractivity (Wildman–Crippen MR) is 100 cm³/mol. The standard InChI is InChI=1S/C21H19NO4/c1-24-18-11-15-16(20(25-2)21(18)26-3)10-13(19(15)23)9-12-5-4-6-17-14(12)7-8-22-17/h4-9,11,22H,10H2,1-3H3/b13-9+. The molecule has 1 N–H and O–H groups in total. The summed E-state index contributed by atoms with van der Waals surface area (Å²) < 4.78 is 16.3. The summed E-state index contributed by atoms with van der Waals surface area (Å²) in [7, 11) is 4.68. The summed E-state index contributed by atoms with van der Waals surface area (Å²) in [5.74, 6) is 1.55. The maximum Gasteiger partial charge on any atom is 0.203 e. The van der Waals surface area contributed by atoms with E-state index >= 15 is 0 Å². The van der Waals surface area contributed by atoms with Gasteiger partial charge in [0, 0.05) is 40.2 Å². The Morgan fingerprint density at radius 1 is 1.04 bits per heavy atom. The molecule has 5 nitrogen and oxygen atoms in total. The number of fused-ring (bicyclic) bond motifs is 2. The number of hydrogen-bond donors (Lipinski definition) is 1. The number of nitrogens with one attached hydrogen (secondary N) is 1. The fourth-order valence-corrected chi connectivity index (χ4v) is 3.58. The van der Waals surface area contributed by atoms with Crippen molar-refractivity contribution >= 4 is 22.8 Å². The Morgan fingerprint density at radius 2 is 1.85 bits per heavy atom. The molecule has 0 atom stereocenters. The largest absolute Gasteiger partial charge is 0.493 e. The molecule has 26 heavy (non-hydrogen) atoms.